The highest BCUT2D eigenvalue weighted by Gasteiger charge is 2.39. The number of likely N-dealkylation sites (N-methyl/N-ethyl adjacent to an activating group) is 1. The summed E-state index contributed by atoms with van der Waals surface area (Å²) in [5.41, 5.74) is 0.876. The van der Waals surface area contributed by atoms with E-state index in [2.05, 4.69) is 15.5 Å². The van der Waals surface area contributed by atoms with Crippen LogP contribution < -0.4 is 10.6 Å². The molecule has 0 spiro atoms. The van der Waals surface area contributed by atoms with Crippen molar-refractivity contribution in [2.75, 3.05) is 46.4 Å². The van der Waals surface area contributed by atoms with Gasteiger partial charge in [-0.2, -0.15) is 0 Å². The van der Waals surface area contributed by atoms with Crippen LogP contribution >= 0.6 is 0 Å². The summed E-state index contributed by atoms with van der Waals surface area (Å²) in [5.74, 6) is -1.11. The van der Waals surface area contributed by atoms with Crippen LogP contribution in [0.5, 0.6) is 0 Å². The van der Waals surface area contributed by atoms with Gasteiger partial charge in [0.1, 0.15) is 5.82 Å². The first kappa shape index (κ1) is 24.5. The Kier molecular flexibility index (Phi) is 7.91. The van der Waals surface area contributed by atoms with E-state index in [0.717, 1.165) is 0 Å². The van der Waals surface area contributed by atoms with Crippen LogP contribution in [-0.2, 0) is 9.53 Å². The van der Waals surface area contributed by atoms with E-state index in [-0.39, 0.29) is 36.4 Å². The molecule has 2 atom stereocenters. The van der Waals surface area contributed by atoms with E-state index in [4.69, 9.17) is 4.74 Å². The van der Waals surface area contributed by atoms with E-state index >= 15 is 0 Å². The maximum atomic E-state index is 14.6. The molecule has 10 heteroatoms. The summed E-state index contributed by atoms with van der Waals surface area (Å²) in [5, 5.41) is 5.55. The van der Waals surface area contributed by atoms with Crippen LogP contribution in [0.3, 0.4) is 0 Å². The highest BCUT2D eigenvalue weighted by molar-refractivity contribution is 5.95. The number of benzene rings is 1. The van der Waals surface area contributed by atoms with Crippen molar-refractivity contribution in [1.82, 2.24) is 25.3 Å². The molecule has 3 rings (SSSR count). The summed E-state index contributed by atoms with van der Waals surface area (Å²) >= 11 is 0. The first-order valence-corrected chi connectivity index (χ1v) is 11.2. The van der Waals surface area contributed by atoms with Gasteiger partial charge in [-0.05, 0) is 26.8 Å². The Bertz CT molecular complexity index is 937. The third-order valence-electron chi connectivity index (χ3n) is 5.96. The van der Waals surface area contributed by atoms with Gasteiger partial charge in [0.05, 0.1) is 18.2 Å². The van der Waals surface area contributed by atoms with Crippen molar-refractivity contribution in [1.29, 1.82) is 0 Å². The number of nitrogens with zero attached hydrogens (tertiary/aromatic N) is 3. The van der Waals surface area contributed by atoms with Gasteiger partial charge in [-0.15, -0.1) is 0 Å². The molecule has 2 N–H and O–H groups in total. The maximum absolute atomic E-state index is 14.6. The third kappa shape index (κ3) is 5.27. The zero-order chi connectivity index (χ0) is 24.1. The molecule has 0 aromatic heterocycles. The van der Waals surface area contributed by atoms with Gasteiger partial charge in [0.25, 0.3) is 0 Å². The van der Waals surface area contributed by atoms with Crippen LogP contribution in [0.25, 0.3) is 0 Å². The number of hydrogen-bond acceptors (Lipinski definition) is 5. The zero-order valence-corrected chi connectivity index (χ0v) is 19.6. The van der Waals surface area contributed by atoms with Crippen molar-refractivity contribution in [3.05, 3.63) is 46.9 Å². The van der Waals surface area contributed by atoms with E-state index < -0.39 is 23.9 Å². The predicted octanol–water partition coefficient (Wildman–Crippen LogP) is 2.07. The highest BCUT2D eigenvalue weighted by atomic mass is 19.1. The average molecular weight is 462 g/mol. The van der Waals surface area contributed by atoms with Gasteiger partial charge >= 0.3 is 18.0 Å². The predicted molar refractivity (Wildman–Crippen MR) is 121 cm³/mol. The molecule has 0 bridgehead atoms. The molecular weight excluding hydrogens is 429 g/mol. The number of hydrogen-bond donors (Lipinski definition) is 2. The molecular formula is C23H32FN5O4. The van der Waals surface area contributed by atoms with Crippen LogP contribution in [0, 0.1) is 5.82 Å². The molecule has 2 aliphatic rings. The summed E-state index contributed by atoms with van der Waals surface area (Å²) < 4.78 is 19.9. The molecule has 0 aliphatic carbocycles. The number of carbonyl (C=O) groups is 3. The Morgan fingerprint density at radius 1 is 1.24 bits per heavy atom. The largest absolute Gasteiger partial charge is 0.463 e. The quantitative estimate of drug-likeness (QED) is 0.633. The average Bonchev–Trinajstić information content (AvgIpc) is 2.77. The molecule has 1 aromatic carbocycles. The molecule has 4 amide bonds. The fourth-order valence-corrected chi connectivity index (χ4v) is 4.28. The molecule has 180 valence electrons. The lowest BCUT2D eigenvalue weighted by Crippen LogP contribution is -2.58. The van der Waals surface area contributed by atoms with Crippen molar-refractivity contribution in [3.8, 4) is 0 Å². The second-order valence-corrected chi connectivity index (χ2v) is 8.16. The standard InChI is InChI=1S/C23H32FN5O4/c1-5-25-22(31)29-12-11-28(13-15(29)3)14-18-19(21(30)33-6-2)20(26-23(32)27(18)4)16-9-7-8-10-17(16)24/h7-10,15,20H,5-6,11-14H2,1-4H3,(H,25,31)(H,26,32)/t15-,20-/m1/s1. The lowest BCUT2D eigenvalue weighted by atomic mass is 9.93. The summed E-state index contributed by atoms with van der Waals surface area (Å²) in [6.07, 6.45) is 0. The second kappa shape index (κ2) is 10.7. The SMILES string of the molecule is CCNC(=O)N1CCN(CC2=C(C(=O)OCC)[C@@H](c3ccccc3F)NC(=O)N2C)C[C@H]1C. The molecule has 1 aromatic rings. The first-order valence-electron chi connectivity index (χ1n) is 11.2. The van der Waals surface area contributed by atoms with Crippen LogP contribution in [0.2, 0.25) is 0 Å². The van der Waals surface area contributed by atoms with E-state index in [0.29, 0.717) is 31.9 Å². The summed E-state index contributed by atoms with van der Waals surface area (Å²) in [4.78, 5) is 43.3. The van der Waals surface area contributed by atoms with Crippen LogP contribution in [0.1, 0.15) is 32.4 Å². The van der Waals surface area contributed by atoms with Gasteiger partial charge in [0, 0.05) is 57.1 Å². The Hall–Kier alpha value is -3.14. The topological polar surface area (TPSA) is 94.2 Å². The fraction of sp³-hybridized carbons (Fsp3) is 0.522. The number of piperazine rings is 1. The normalized spacial score (nSPS) is 21.7. The van der Waals surface area contributed by atoms with Crippen LogP contribution in [0.4, 0.5) is 14.0 Å². The van der Waals surface area contributed by atoms with Crippen LogP contribution in [0.15, 0.2) is 35.5 Å². The highest BCUT2D eigenvalue weighted by Crippen LogP contribution is 2.33. The molecule has 0 unspecified atom stereocenters. The van der Waals surface area contributed by atoms with E-state index in [1.54, 1.807) is 37.1 Å². The lowest BCUT2D eigenvalue weighted by Gasteiger charge is -2.42. The molecule has 9 nitrogen and oxygen atoms in total. The summed E-state index contributed by atoms with van der Waals surface area (Å²) in [7, 11) is 1.58. The Morgan fingerprint density at radius 3 is 2.61 bits per heavy atom. The number of amides is 4. The number of esters is 1. The number of urea groups is 2. The first-order chi connectivity index (χ1) is 15.8. The number of carbonyl (C=O) groups excluding carboxylic acids is 3. The zero-order valence-electron chi connectivity index (χ0n) is 19.6. The Morgan fingerprint density at radius 2 is 1.97 bits per heavy atom. The minimum absolute atomic E-state index is 0.0537. The Labute approximate surface area is 193 Å². The molecule has 2 aliphatic heterocycles. The fourth-order valence-electron chi connectivity index (χ4n) is 4.28. The maximum Gasteiger partial charge on any atom is 0.338 e. The van der Waals surface area contributed by atoms with Gasteiger partial charge in [0.15, 0.2) is 0 Å². The van der Waals surface area contributed by atoms with Gasteiger partial charge in [-0.25, -0.2) is 18.8 Å². The van der Waals surface area contributed by atoms with Gasteiger partial charge in [-0.3, -0.25) is 9.80 Å². The lowest BCUT2D eigenvalue weighted by molar-refractivity contribution is -0.139. The number of halogens is 1. The van der Waals surface area contributed by atoms with Gasteiger partial charge in [-0.1, -0.05) is 18.2 Å². The third-order valence-corrected chi connectivity index (χ3v) is 5.96. The van der Waals surface area contributed by atoms with Crippen molar-refractivity contribution in [3.63, 3.8) is 0 Å². The molecule has 33 heavy (non-hydrogen) atoms. The van der Waals surface area contributed by atoms with Crippen molar-refractivity contribution >= 4 is 18.0 Å². The molecule has 1 fully saturated rings. The molecule has 1 saturated heterocycles. The monoisotopic (exact) mass is 461 g/mol. The Balaban J connectivity index is 1.94. The molecule has 0 radical (unpaired) electrons. The van der Waals surface area contributed by atoms with Gasteiger partial charge in [0.2, 0.25) is 0 Å². The molecule has 0 saturated carbocycles. The van der Waals surface area contributed by atoms with Crippen molar-refractivity contribution < 1.29 is 23.5 Å². The van der Waals surface area contributed by atoms with E-state index in [1.165, 1.54) is 11.0 Å². The van der Waals surface area contributed by atoms with E-state index in [9.17, 15) is 18.8 Å². The number of rotatable bonds is 6. The van der Waals surface area contributed by atoms with Crippen molar-refractivity contribution in [2.24, 2.45) is 0 Å². The minimum Gasteiger partial charge on any atom is -0.463 e. The molecule has 2 heterocycles. The van der Waals surface area contributed by atoms with Gasteiger partial charge < -0.3 is 20.3 Å². The second-order valence-electron chi connectivity index (χ2n) is 8.16. The minimum atomic E-state index is -0.960. The van der Waals surface area contributed by atoms with Crippen LogP contribution in [-0.4, -0.2) is 85.2 Å². The van der Waals surface area contributed by atoms with Crippen molar-refractivity contribution in [2.45, 2.75) is 32.9 Å². The smallest absolute Gasteiger partial charge is 0.338 e. The number of nitrogens with one attached hydrogen (secondary N) is 2. The number of ether oxygens (including phenoxy) is 1. The summed E-state index contributed by atoms with van der Waals surface area (Å²) in [6, 6.07) is 4.51. The van der Waals surface area contributed by atoms with E-state index in [1.807, 2.05) is 13.8 Å². The summed E-state index contributed by atoms with van der Waals surface area (Å²) in [6.45, 7) is 8.18.